The Kier molecular flexibility index (Phi) is 7.70. The number of anilines is 1. The predicted octanol–water partition coefficient (Wildman–Crippen LogP) is 3.03. The summed E-state index contributed by atoms with van der Waals surface area (Å²) in [6.07, 6.45) is 5.81. The number of pyridine rings is 1. The maximum Gasteiger partial charge on any atom is 0.267 e. The molecule has 162 valence electrons. The number of aromatic nitrogens is 1. The number of allylic oxidation sites excluding steroid dienone is 1. The van der Waals surface area contributed by atoms with Crippen molar-refractivity contribution in [3.63, 3.8) is 0 Å². The van der Waals surface area contributed by atoms with Crippen molar-refractivity contribution in [2.24, 2.45) is 0 Å². The van der Waals surface area contributed by atoms with Crippen molar-refractivity contribution in [1.82, 2.24) is 15.4 Å². The predicted molar refractivity (Wildman–Crippen MR) is 122 cm³/mol. The van der Waals surface area contributed by atoms with Gasteiger partial charge in [-0.15, -0.1) is 0 Å². The fourth-order valence-electron chi connectivity index (χ4n) is 3.46. The Morgan fingerprint density at radius 1 is 1.00 bits per heavy atom. The number of ketones is 1. The third-order valence-electron chi connectivity index (χ3n) is 5.25. The van der Waals surface area contributed by atoms with Gasteiger partial charge in [-0.05, 0) is 56.3 Å². The van der Waals surface area contributed by atoms with Gasteiger partial charge in [0.05, 0.1) is 11.4 Å². The summed E-state index contributed by atoms with van der Waals surface area (Å²) in [4.78, 5) is 32.9. The fourth-order valence-corrected chi connectivity index (χ4v) is 3.46. The zero-order valence-electron chi connectivity index (χ0n) is 17.9. The minimum atomic E-state index is -0.636. The van der Waals surface area contributed by atoms with Gasteiger partial charge in [0, 0.05) is 49.5 Å². The molecule has 2 aromatic rings. The van der Waals surface area contributed by atoms with Gasteiger partial charge in [0.1, 0.15) is 0 Å². The average Bonchev–Trinajstić information content (AvgIpc) is 2.81. The zero-order valence-corrected chi connectivity index (χ0v) is 17.9. The summed E-state index contributed by atoms with van der Waals surface area (Å²) < 4.78 is 0. The zero-order chi connectivity index (χ0) is 22.2. The number of nitrogens with zero attached hydrogens (tertiary/aromatic N) is 3. The van der Waals surface area contributed by atoms with Crippen LogP contribution in [-0.4, -0.2) is 59.0 Å². The summed E-state index contributed by atoms with van der Waals surface area (Å²) in [5.41, 5.74) is 4.37. The van der Waals surface area contributed by atoms with Crippen LogP contribution in [0.2, 0.25) is 0 Å². The molecule has 1 aliphatic heterocycles. The van der Waals surface area contributed by atoms with Crippen molar-refractivity contribution >= 4 is 29.5 Å². The molecule has 1 aliphatic rings. The van der Waals surface area contributed by atoms with Crippen LogP contribution in [0.15, 0.2) is 54.6 Å². The van der Waals surface area contributed by atoms with Gasteiger partial charge >= 0.3 is 0 Å². The van der Waals surface area contributed by atoms with Crippen molar-refractivity contribution in [3.8, 4) is 0 Å². The Labute approximate surface area is 182 Å². The highest BCUT2D eigenvalue weighted by atomic mass is 16.5. The molecule has 0 spiro atoms. The number of hydrogen-bond acceptors (Lipinski definition) is 6. The molecule has 1 amide bonds. The van der Waals surface area contributed by atoms with E-state index in [1.54, 1.807) is 24.3 Å². The Hall–Kier alpha value is -3.29. The number of carbonyl (C=O) groups is 2. The largest absolute Gasteiger partial charge is 0.369 e. The van der Waals surface area contributed by atoms with Gasteiger partial charge in [0.15, 0.2) is 5.78 Å². The van der Waals surface area contributed by atoms with Crippen LogP contribution >= 0.6 is 0 Å². The maximum absolute atomic E-state index is 12.7. The van der Waals surface area contributed by atoms with Gasteiger partial charge in [-0.2, -0.15) is 0 Å². The van der Waals surface area contributed by atoms with Crippen LogP contribution < -0.4 is 10.4 Å². The number of piperazine rings is 1. The summed E-state index contributed by atoms with van der Waals surface area (Å²) in [5.74, 6) is -0.728. The number of amides is 1. The number of carbonyl (C=O) groups excluding carboxylic acids is 2. The van der Waals surface area contributed by atoms with Gasteiger partial charge < -0.3 is 4.90 Å². The molecule has 0 unspecified atom stereocenters. The Morgan fingerprint density at radius 3 is 2.29 bits per heavy atom. The number of nitrogens with one attached hydrogen (secondary N) is 1. The van der Waals surface area contributed by atoms with Crippen molar-refractivity contribution in [1.29, 1.82) is 0 Å². The lowest BCUT2D eigenvalue weighted by atomic mass is 10.1. The summed E-state index contributed by atoms with van der Waals surface area (Å²) in [5, 5.41) is 8.53. The van der Waals surface area contributed by atoms with Crippen LogP contribution in [0.3, 0.4) is 0 Å². The fraction of sp³-hybridized carbons (Fsp3) is 0.292. The van der Waals surface area contributed by atoms with Gasteiger partial charge in [-0.3, -0.25) is 19.7 Å². The van der Waals surface area contributed by atoms with E-state index in [1.165, 1.54) is 23.7 Å². The highest BCUT2D eigenvalue weighted by Gasteiger charge is 2.19. The molecule has 7 nitrogen and oxygen atoms in total. The molecule has 0 saturated carbocycles. The molecule has 1 saturated heterocycles. The van der Waals surface area contributed by atoms with Crippen molar-refractivity contribution < 1.29 is 14.8 Å². The Bertz CT molecular complexity index is 976. The van der Waals surface area contributed by atoms with Gasteiger partial charge in [0.2, 0.25) is 0 Å². The minimum absolute atomic E-state index is 0.0925. The van der Waals surface area contributed by atoms with E-state index in [0.29, 0.717) is 23.0 Å². The topological polar surface area (TPSA) is 85.8 Å². The summed E-state index contributed by atoms with van der Waals surface area (Å²) >= 11 is 0. The molecule has 7 heteroatoms. The quantitative estimate of drug-likeness (QED) is 0.310. The number of hydroxylamine groups is 1. The molecule has 31 heavy (non-hydrogen) atoms. The highest BCUT2D eigenvalue weighted by Crippen LogP contribution is 2.19. The van der Waals surface area contributed by atoms with Crippen LogP contribution in [0, 0.1) is 0 Å². The summed E-state index contributed by atoms with van der Waals surface area (Å²) in [7, 11) is 0. The smallest absolute Gasteiger partial charge is 0.267 e. The van der Waals surface area contributed by atoms with E-state index < -0.39 is 5.91 Å². The molecule has 3 rings (SSSR count). The van der Waals surface area contributed by atoms with Crippen molar-refractivity contribution in [3.05, 3.63) is 71.6 Å². The van der Waals surface area contributed by atoms with Crippen LogP contribution in [0.1, 0.15) is 35.6 Å². The van der Waals surface area contributed by atoms with E-state index >= 15 is 0 Å². The monoisotopic (exact) mass is 420 g/mol. The Morgan fingerprint density at radius 2 is 1.65 bits per heavy atom. The first-order valence-corrected chi connectivity index (χ1v) is 10.4. The molecule has 0 atom stereocenters. The van der Waals surface area contributed by atoms with E-state index in [4.69, 9.17) is 5.21 Å². The lowest BCUT2D eigenvalue weighted by molar-refractivity contribution is -0.124. The normalized spacial score (nSPS) is 15.2. The van der Waals surface area contributed by atoms with E-state index in [1.807, 2.05) is 24.3 Å². The molecule has 2 N–H and O–H groups in total. The number of hydrogen-bond donors (Lipinski definition) is 2. The minimum Gasteiger partial charge on any atom is -0.369 e. The number of rotatable bonds is 7. The third-order valence-corrected chi connectivity index (χ3v) is 5.25. The molecule has 0 aliphatic carbocycles. The lowest BCUT2D eigenvalue weighted by Crippen LogP contribution is -2.48. The third kappa shape index (κ3) is 6.34. The van der Waals surface area contributed by atoms with Crippen molar-refractivity contribution in [2.75, 3.05) is 31.1 Å². The van der Waals surface area contributed by atoms with Gasteiger partial charge in [-0.25, -0.2) is 10.5 Å². The number of benzene rings is 1. The van der Waals surface area contributed by atoms with E-state index in [-0.39, 0.29) is 5.78 Å². The van der Waals surface area contributed by atoms with Crippen LogP contribution in [0.4, 0.5) is 5.69 Å². The molecule has 0 bridgehead atoms. The molecule has 1 aromatic heterocycles. The first-order valence-electron chi connectivity index (χ1n) is 10.4. The second kappa shape index (κ2) is 10.7. The molecular weight excluding hydrogens is 392 g/mol. The summed E-state index contributed by atoms with van der Waals surface area (Å²) in [6.45, 7) is 8.37. The average molecular weight is 421 g/mol. The first kappa shape index (κ1) is 22.4. The van der Waals surface area contributed by atoms with Crippen molar-refractivity contribution in [2.45, 2.75) is 19.9 Å². The molecular formula is C24H28N4O3. The first-order chi connectivity index (χ1) is 15.0. The van der Waals surface area contributed by atoms with E-state index in [2.05, 4.69) is 28.6 Å². The molecule has 0 radical (unpaired) electrons. The van der Waals surface area contributed by atoms with E-state index in [9.17, 15) is 9.59 Å². The lowest BCUT2D eigenvalue weighted by Gasteiger charge is -2.38. The van der Waals surface area contributed by atoms with Crippen LogP contribution in [0.5, 0.6) is 0 Å². The van der Waals surface area contributed by atoms with E-state index in [0.717, 1.165) is 31.9 Å². The highest BCUT2D eigenvalue weighted by molar-refractivity contribution is 6.07. The molecule has 1 aromatic carbocycles. The van der Waals surface area contributed by atoms with Gasteiger partial charge in [0.25, 0.3) is 5.91 Å². The standard InChI is InChI=1S/C24H28N4O3/c1-18(2)27-13-15-28(16-14-27)22-8-3-5-19(17-22)23(29)11-9-20-6-4-7-21(25-20)10-12-24(30)26-31/h3-12,17-18,31H,13-16H2,1-2H3,(H,26,30)/b11-9+,12-10+. The second-order valence-corrected chi connectivity index (χ2v) is 7.66. The molecule has 2 heterocycles. The van der Waals surface area contributed by atoms with Crippen LogP contribution in [0.25, 0.3) is 12.2 Å². The maximum atomic E-state index is 12.7. The molecule has 1 fully saturated rings. The van der Waals surface area contributed by atoms with Crippen LogP contribution in [-0.2, 0) is 4.79 Å². The second-order valence-electron chi connectivity index (χ2n) is 7.66. The van der Waals surface area contributed by atoms with Gasteiger partial charge in [-0.1, -0.05) is 18.2 Å². The summed E-state index contributed by atoms with van der Waals surface area (Å²) in [6, 6.07) is 13.6. The Balaban J connectivity index is 1.66. The SMILES string of the molecule is CC(C)N1CCN(c2cccc(C(=O)/C=C/c3cccc(/C=C/C(=O)NO)n3)c2)CC1.